The van der Waals surface area contributed by atoms with Gasteiger partial charge in [-0.2, -0.15) is 5.69 Å². The Morgan fingerprint density at radius 1 is 1.00 bits per heavy atom. The number of rotatable bonds is 1. The van der Waals surface area contributed by atoms with Gasteiger partial charge in [-0.15, -0.1) is 0 Å². The Bertz CT molecular complexity index is 346. The topological polar surface area (TPSA) is 3.24 Å². The Balaban J connectivity index is 0.00000144. The van der Waals surface area contributed by atoms with Crippen LogP contribution in [-0.2, 0) is 0 Å². The molecule has 1 saturated heterocycles. The first-order valence-electron chi connectivity index (χ1n) is 6.11. The first-order chi connectivity index (χ1) is 7.43. The molecule has 1 heterocycles. The molecule has 0 aliphatic carbocycles. The molecule has 1 aromatic carbocycles. The molecule has 1 nitrogen and oxygen atoms in total. The largest absolute Gasteiger partial charge is 1.00 e. The van der Waals surface area contributed by atoms with Crippen molar-refractivity contribution in [2.75, 3.05) is 4.90 Å². The second-order valence-electron chi connectivity index (χ2n) is 6.01. The zero-order valence-electron chi connectivity index (χ0n) is 12.8. The van der Waals surface area contributed by atoms with Crippen molar-refractivity contribution in [3.05, 3.63) is 30.3 Å². The molecule has 0 unspecified atom stereocenters. The number of piperidine rings is 1. The average Bonchev–Trinajstić information content (AvgIpc) is 2.16. The molecular formula is C15H21KLiN. The molecule has 88 valence electrons. The van der Waals surface area contributed by atoms with Gasteiger partial charge < -0.3 is 23.1 Å². The summed E-state index contributed by atoms with van der Waals surface area (Å²) in [6.07, 6.45) is 3.83. The van der Waals surface area contributed by atoms with Crippen molar-refractivity contribution < 1.29 is 70.2 Å². The van der Waals surface area contributed by atoms with Crippen LogP contribution in [0, 0.1) is 12.1 Å². The van der Waals surface area contributed by atoms with Crippen LogP contribution in [0.25, 0.3) is 0 Å². The molecule has 1 aliphatic heterocycles. The predicted molar refractivity (Wildman–Crippen MR) is 68.6 cm³/mol. The Kier molecular flexibility index (Phi) is 7.83. The minimum absolute atomic E-state index is 0. The smallest absolute Gasteiger partial charge is 0.468 e. The SMILES string of the molecule is CC1(C)CCCC(C)(C)N1c1c[c-]c[c-]c1.[K+].[Li+]. The van der Waals surface area contributed by atoms with E-state index in [-0.39, 0.29) is 81.3 Å². The fraction of sp³-hybridized carbons (Fsp3) is 0.600. The van der Waals surface area contributed by atoms with Gasteiger partial charge in [0, 0.05) is 11.1 Å². The normalized spacial score (nSPS) is 20.6. The van der Waals surface area contributed by atoms with Crippen molar-refractivity contribution in [2.24, 2.45) is 0 Å². The van der Waals surface area contributed by atoms with Gasteiger partial charge in [-0.05, 0) is 47.0 Å². The van der Waals surface area contributed by atoms with E-state index in [1.807, 2.05) is 6.07 Å². The molecule has 0 bridgehead atoms. The summed E-state index contributed by atoms with van der Waals surface area (Å²) in [4.78, 5) is 2.54. The van der Waals surface area contributed by atoms with Crippen LogP contribution in [0.4, 0.5) is 5.69 Å². The van der Waals surface area contributed by atoms with E-state index in [0.717, 1.165) is 0 Å². The second-order valence-corrected chi connectivity index (χ2v) is 6.01. The molecule has 18 heavy (non-hydrogen) atoms. The first kappa shape index (κ1) is 19.3. The van der Waals surface area contributed by atoms with Crippen molar-refractivity contribution in [3.63, 3.8) is 0 Å². The average molecular weight is 261 g/mol. The monoisotopic (exact) mass is 261 g/mol. The van der Waals surface area contributed by atoms with E-state index in [4.69, 9.17) is 0 Å². The van der Waals surface area contributed by atoms with E-state index >= 15 is 0 Å². The molecule has 0 N–H and O–H groups in total. The molecule has 0 aromatic heterocycles. The van der Waals surface area contributed by atoms with E-state index in [2.05, 4.69) is 56.9 Å². The summed E-state index contributed by atoms with van der Waals surface area (Å²) in [5.74, 6) is 0. The van der Waals surface area contributed by atoms with Crippen molar-refractivity contribution in [1.82, 2.24) is 0 Å². The molecule has 0 saturated carbocycles. The molecule has 1 aliphatic rings. The molecule has 0 spiro atoms. The molecule has 1 aromatic rings. The minimum atomic E-state index is 0. The van der Waals surface area contributed by atoms with Crippen molar-refractivity contribution in [2.45, 2.75) is 58.0 Å². The molecule has 1 fully saturated rings. The van der Waals surface area contributed by atoms with Gasteiger partial charge >= 0.3 is 70.2 Å². The summed E-state index contributed by atoms with van der Waals surface area (Å²) in [6.45, 7) is 9.34. The Morgan fingerprint density at radius 2 is 1.44 bits per heavy atom. The third kappa shape index (κ3) is 4.12. The van der Waals surface area contributed by atoms with Gasteiger partial charge in [0.1, 0.15) is 0 Å². The first-order valence-corrected chi connectivity index (χ1v) is 6.11. The van der Waals surface area contributed by atoms with Crippen LogP contribution in [0.3, 0.4) is 0 Å². The quantitative estimate of drug-likeness (QED) is 0.411. The van der Waals surface area contributed by atoms with Crippen LogP contribution in [-0.4, -0.2) is 11.1 Å². The summed E-state index contributed by atoms with van der Waals surface area (Å²) in [6, 6.07) is 12.3. The summed E-state index contributed by atoms with van der Waals surface area (Å²) in [5, 5.41) is 0. The van der Waals surface area contributed by atoms with Crippen LogP contribution in [0.2, 0.25) is 0 Å². The molecular weight excluding hydrogens is 240 g/mol. The third-order valence-electron chi connectivity index (χ3n) is 3.68. The number of benzene rings is 1. The minimum Gasteiger partial charge on any atom is -0.468 e. The van der Waals surface area contributed by atoms with Crippen LogP contribution in [0.1, 0.15) is 47.0 Å². The van der Waals surface area contributed by atoms with E-state index in [1.54, 1.807) is 0 Å². The van der Waals surface area contributed by atoms with E-state index in [1.165, 1.54) is 24.9 Å². The standard InChI is InChI=1S/C15H21N.K.Li/c1-14(2)11-8-12-15(3,4)16(14)13-9-6-5-7-10-13;;/h5,9-10H,8,11-12H2,1-4H3;;/q-2;2*+1. The summed E-state index contributed by atoms with van der Waals surface area (Å²) in [7, 11) is 0. The molecule has 0 amide bonds. The third-order valence-corrected chi connectivity index (χ3v) is 3.68. The fourth-order valence-electron chi connectivity index (χ4n) is 3.17. The molecule has 0 atom stereocenters. The molecule has 2 rings (SSSR count). The fourth-order valence-corrected chi connectivity index (χ4v) is 3.17. The van der Waals surface area contributed by atoms with Crippen LogP contribution >= 0.6 is 0 Å². The van der Waals surface area contributed by atoms with Crippen LogP contribution in [0.5, 0.6) is 0 Å². The Morgan fingerprint density at radius 3 is 1.89 bits per heavy atom. The van der Waals surface area contributed by atoms with Gasteiger partial charge in [0.15, 0.2) is 0 Å². The Hall–Kier alpha value is 1.25. The van der Waals surface area contributed by atoms with Gasteiger partial charge in [-0.1, -0.05) is 0 Å². The van der Waals surface area contributed by atoms with Gasteiger partial charge in [0.25, 0.3) is 0 Å². The van der Waals surface area contributed by atoms with Crippen molar-refractivity contribution in [3.8, 4) is 0 Å². The van der Waals surface area contributed by atoms with Crippen LogP contribution in [0.15, 0.2) is 18.2 Å². The maximum absolute atomic E-state index is 3.14. The zero-order chi connectivity index (χ0) is 11.8. The molecule has 0 radical (unpaired) electrons. The summed E-state index contributed by atoms with van der Waals surface area (Å²) in [5.41, 5.74) is 1.70. The Labute approximate surface area is 167 Å². The maximum Gasteiger partial charge on any atom is 1.00 e. The van der Waals surface area contributed by atoms with E-state index in [9.17, 15) is 0 Å². The van der Waals surface area contributed by atoms with Crippen LogP contribution < -0.4 is 75.1 Å². The van der Waals surface area contributed by atoms with Crippen molar-refractivity contribution in [1.29, 1.82) is 0 Å². The number of nitrogens with zero attached hydrogens (tertiary/aromatic N) is 1. The maximum atomic E-state index is 3.14. The van der Waals surface area contributed by atoms with Gasteiger partial charge in [0.2, 0.25) is 0 Å². The summed E-state index contributed by atoms with van der Waals surface area (Å²) >= 11 is 0. The predicted octanol–water partition coefficient (Wildman–Crippen LogP) is -2.16. The van der Waals surface area contributed by atoms with E-state index in [0.29, 0.717) is 0 Å². The number of anilines is 1. The van der Waals surface area contributed by atoms with Gasteiger partial charge in [-0.3, -0.25) is 12.1 Å². The van der Waals surface area contributed by atoms with E-state index < -0.39 is 0 Å². The van der Waals surface area contributed by atoms with Crippen molar-refractivity contribution >= 4 is 5.69 Å². The number of hydrogen-bond donors (Lipinski definition) is 0. The zero-order valence-corrected chi connectivity index (χ0v) is 15.9. The summed E-state index contributed by atoms with van der Waals surface area (Å²) < 4.78 is 0. The number of hydrogen-bond acceptors (Lipinski definition) is 1. The molecule has 3 heteroatoms. The van der Waals surface area contributed by atoms with Gasteiger partial charge in [0.05, 0.1) is 0 Å². The second kappa shape index (κ2) is 7.32. The van der Waals surface area contributed by atoms with Gasteiger partial charge in [-0.25, -0.2) is 0 Å².